The van der Waals surface area contributed by atoms with Crippen LogP contribution < -0.4 is 5.32 Å². The lowest BCUT2D eigenvalue weighted by Gasteiger charge is -2.25. The molecule has 5 nitrogen and oxygen atoms in total. The zero-order chi connectivity index (χ0) is 14.8. The fourth-order valence-corrected chi connectivity index (χ4v) is 4.14. The van der Waals surface area contributed by atoms with Crippen molar-refractivity contribution in [2.75, 3.05) is 6.54 Å². The number of aryl methyl sites for hydroxylation is 2. The summed E-state index contributed by atoms with van der Waals surface area (Å²) >= 11 is 1.75. The minimum atomic E-state index is -0.735. The largest absolute Gasteiger partial charge is 0.480 e. The summed E-state index contributed by atoms with van der Waals surface area (Å²) in [5.74, 6) is -0.713. The molecule has 1 aromatic heterocycles. The van der Waals surface area contributed by atoms with Crippen molar-refractivity contribution in [2.45, 2.75) is 55.3 Å². The van der Waals surface area contributed by atoms with E-state index in [1.54, 1.807) is 11.8 Å². The van der Waals surface area contributed by atoms with E-state index in [-0.39, 0.29) is 0 Å². The van der Waals surface area contributed by atoms with Crippen LogP contribution in [-0.2, 0) is 11.8 Å². The molecule has 2 atom stereocenters. The molecule has 2 N–H and O–H groups in total. The van der Waals surface area contributed by atoms with E-state index in [1.807, 2.05) is 18.7 Å². The molecular weight excluding hydrogens is 274 g/mol. The lowest BCUT2D eigenvalue weighted by molar-refractivity contribution is -0.144. The topological polar surface area (TPSA) is 67.2 Å². The molecule has 0 saturated heterocycles. The van der Waals surface area contributed by atoms with Gasteiger partial charge in [-0.15, -0.1) is 11.8 Å². The second-order valence-corrected chi connectivity index (χ2v) is 6.86. The summed E-state index contributed by atoms with van der Waals surface area (Å²) in [7, 11) is 1.93. The number of hydrogen-bond acceptors (Lipinski definition) is 4. The number of carboxylic acids is 1. The molecule has 0 spiro atoms. The molecule has 1 aromatic rings. The van der Waals surface area contributed by atoms with Crippen molar-refractivity contribution in [3.8, 4) is 0 Å². The molecule has 112 valence electrons. The summed E-state index contributed by atoms with van der Waals surface area (Å²) in [6, 6.07) is 2.06. The molecule has 6 heteroatoms. The van der Waals surface area contributed by atoms with Crippen LogP contribution in [0.15, 0.2) is 11.1 Å². The van der Waals surface area contributed by atoms with Crippen molar-refractivity contribution in [3.63, 3.8) is 0 Å². The lowest BCUT2D eigenvalue weighted by atomic mass is 9.98. The van der Waals surface area contributed by atoms with Crippen LogP contribution in [0.5, 0.6) is 0 Å². The highest BCUT2D eigenvalue weighted by Gasteiger charge is 2.45. The van der Waals surface area contributed by atoms with Crippen molar-refractivity contribution in [1.29, 1.82) is 0 Å². The first-order valence-electron chi connectivity index (χ1n) is 7.12. The fourth-order valence-electron chi connectivity index (χ4n) is 2.76. The van der Waals surface area contributed by atoms with Gasteiger partial charge >= 0.3 is 5.97 Å². The number of nitrogens with zero attached hydrogens (tertiary/aromatic N) is 2. The first-order chi connectivity index (χ1) is 9.47. The van der Waals surface area contributed by atoms with E-state index in [9.17, 15) is 9.90 Å². The third-order valence-corrected chi connectivity index (χ3v) is 5.20. The molecule has 1 aliphatic rings. The first kappa shape index (κ1) is 15.4. The van der Waals surface area contributed by atoms with Crippen LogP contribution in [0.25, 0.3) is 0 Å². The van der Waals surface area contributed by atoms with Crippen molar-refractivity contribution < 1.29 is 9.90 Å². The maximum absolute atomic E-state index is 11.6. The molecule has 1 heterocycles. The van der Waals surface area contributed by atoms with Gasteiger partial charge in [0, 0.05) is 12.3 Å². The molecule has 0 radical (unpaired) electrons. The van der Waals surface area contributed by atoms with Crippen LogP contribution in [0.3, 0.4) is 0 Å². The SMILES string of the molecule is CCCNC1(C(=O)O)CCC(Sc2cc(C)nn2C)C1. The highest BCUT2D eigenvalue weighted by atomic mass is 32.2. The molecule has 20 heavy (non-hydrogen) atoms. The highest BCUT2D eigenvalue weighted by molar-refractivity contribution is 7.99. The number of thioether (sulfide) groups is 1. The quantitative estimate of drug-likeness (QED) is 0.842. The van der Waals surface area contributed by atoms with E-state index in [2.05, 4.69) is 23.4 Å². The van der Waals surface area contributed by atoms with Crippen LogP contribution >= 0.6 is 11.8 Å². The number of aliphatic carboxylic acids is 1. The van der Waals surface area contributed by atoms with E-state index in [4.69, 9.17) is 0 Å². The first-order valence-corrected chi connectivity index (χ1v) is 8.00. The summed E-state index contributed by atoms with van der Waals surface area (Å²) in [6.07, 6.45) is 3.26. The number of aromatic nitrogens is 2. The summed E-state index contributed by atoms with van der Waals surface area (Å²) < 4.78 is 1.88. The summed E-state index contributed by atoms with van der Waals surface area (Å²) in [5, 5.41) is 18.6. The summed E-state index contributed by atoms with van der Waals surface area (Å²) in [6.45, 7) is 4.79. The van der Waals surface area contributed by atoms with Crippen LogP contribution in [0.4, 0.5) is 0 Å². The van der Waals surface area contributed by atoms with E-state index in [0.29, 0.717) is 18.1 Å². The molecule has 0 amide bonds. The molecular formula is C14H23N3O2S. The Morgan fingerprint density at radius 2 is 2.45 bits per heavy atom. The number of carbonyl (C=O) groups is 1. The van der Waals surface area contributed by atoms with Gasteiger partial charge in [0.1, 0.15) is 5.54 Å². The van der Waals surface area contributed by atoms with Gasteiger partial charge < -0.3 is 10.4 Å². The third-order valence-electron chi connectivity index (χ3n) is 3.84. The van der Waals surface area contributed by atoms with Gasteiger partial charge in [0.15, 0.2) is 0 Å². The minimum Gasteiger partial charge on any atom is -0.480 e. The van der Waals surface area contributed by atoms with Gasteiger partial charge in [0.05, 0.1) is 10.7 Å². The van der Waals surface area contributed by atoms with E-state index < -0.39 is 11.5 Å². The van der Waals surface area contributed by atoms with Gasteiger partial charge in [-0.1, -0.05) is 6.92 Å². The summed E-state index contributed by atoms with van der Waals surface area (Å²) in [4.78, 5) is 11.6. The van der Waals surface area contributed by atoms with Gasteiger partial charge in [-0.3, -0.25) is 9.48 Å². The minimum absolute atomic E-state index is 0.338. The van der Waals surface area contributed by atoms with Crippen molar-refractivity contribution in [2.24, 2.45) is 7.05 Å². The van der Waals surface area contributed by atoms with E-state index in [1.165, 1.54) is 0 Å². The van der Waals surface area contributed by atoms with Crippen molar-refractivity contribution in [3.05, 3.63) is 11.8 Å². The fraction of sp³-hybridized carbons (Fsp3) is 0.714. The Bertz CT molecular complexity index is 489. The maximum atomic E-state index is 11.6. The third kappa shape index (κ3) is 3.17. The van der Waals surface area contributed by atoms with Crippen LogP contribution in [-0.4, -0.2) is 38.2 Å². The van der Waals surface area contributed by atoms with Gasteiger partial charge in [-0.25, -0.2) is 0 Å². The molecule has 1 aliphatic carbocycles. The van der Waals surface area contributed by atoms with Crippen LogP contribution in [0.2, 0.25) is 0 Å². The highest BCUT2D eigenvalue weighted by Crippen LogP contribution is 2.40. The molecule has 0 bridgehead atoms. The summed E-state index contributed by atoms with van der Waals surface area (Å²) in [5.41, 5.74) is 0.267. The smallest absolute Gasteiger partial charge is 0.323 e. The second-order valence-electron chi connectivity index (χ2n) is 5.54. The Balaban J connectivity index is 2.03. The Labute approximate surface area is 124 Å². The molecule has 0 aromatic carbocycles. The Morgan fingerprint density at radius 1 is 1.70 bits per heavy atom. The van der Waals surface area contributed by atoms with Crippen LogP contribution in [0.1, 0.15) is 38.3 Å². The number of hydrogen-bond donors (Lipinski definition) is 2. The Hall–Kier alpha value is -1.01. The number of nitrogens with one attached hydrogen (secondary N) is 1. The van der Waals surface area contributed by atoms with Crippen molar-refractivity contribution in [1.82, 2.24) is 15.1 Å². The molecule has 0 aliphatic heterocycles. The number of carboxylic acid groups (broad SMARTS) is 1. The number of rotatable bonds is 6. The molecule has 1 fully saturated rings. The second kappa shape index (κ2) is 6.18. The van der Waals surface area contributed by atoms with Gasteiger partial charge in [-0.05, 0) is 45.2 Å². The maximum Gasteiger partial charge on any atom is 0.323 e. The zero-order valence-corrected chi connectivity index (χ0v) is 13.2. The predicted molar refractivity (Wildman–Crippen MR) is 80.1 cm³/mol. The monoisotopic (exact) mass is 297 g/mol. The zero-order valence-electron chi connectivity index (χ0n) is 12.3. The molecule has 2 rings (SSSR count). The Kier molecular flexibility index (Phi) is 4.75. The molecule has 1 saturated carbocycles. The van der Waals surface area contributed by atoms with Crippen molar-refractivity contribution >= 4 is 17.7 Å². The normalized spacial score (nSPS) is 26.1. The lowest BCUT2D eigenvalue weighted by Crippen LogP contribution is -2.50. The van der Waals surface area contributed by atoms with Gasteiger partial charge in [0.25, 0.3) is 0 Å². The van der Waals surface area contributed by atoms with E-state index in [0.717, 1.165) is 30.1 Å². The molecule has 2 unspecified atom stereocenters. The van der Waals surface area contributed by atoms with E-state index >= 15 is 0 Å². The van der Waals surface area contributed by atoms with Gasteiger partial charge in [-0.2, -0.15) is 5.10 Å². The van der Waals surface area contributed by atoms with Crippen LogP contribution in [0, 0.1) is 6.92 Å². The van der Waals surface area contributed by atoms with Gasteiger partial charge in [0.2, 0.25) is 0 Å². The Morgan fingerprint density at radius 3 is 3.00 bits per heavy atom. The average Bonchev–Trinajstić information content (AvgIpc) is 2.93. The average molecular weight is 297 g/mol. The predicted octanol–water partition coefficient (Wildman–Crippen LogP) is 2.20. The standard InChI is InChI=1S/C14H23N3O2S/c1-4-7-15-14(13(18)19)6-5-11(9-14)20-12-8-10(2)16-17(12)3/h8,11,15H,4-7,9H2,1-3H3,(H,18,19).